The number of hydrogen-bond acceptors (Lipinski definition) is 2. The molecule has 1 aliphatic carbocycles. The molecule has 152 valence electrons. The quantitative estimate of drug-likeness (QED) is 0.819. The molecule has 0 radical (unpaired) electrons. The Morgan fingerprint density at radius 2 is 1.79 bits per heavy atom. The average Bonchev–Trinajstić information content (AvgIpc) is 3.19. The van der Waals surface area contributed by atoms with E-state index in [9.17, 15) is 9.59 Å². The molecule has 2 bridgehead atoms. The third-order valence-electron chi connectivity index (χ3n) is 7.07. The maximum absolute atomic E-state index is 13.6. The molecular formula is C24H29N3O2. The third kappa shape index (κ3) is 2.98. The van der Waals surface area contributed by atoms with E-state index in [4.69, 9.17) is 0 Å². The van der Waals surface area contributed by atoms with Gasteiger partial charge in [0.1, 0.15) is 5.69 Å². The number of rotatable bonds is 6. The van der Waals surface area contributed by atoms with Crippen molar-refractivity contribution in [1.29, 1.82) is 0 Å². The topological polar surface area (TPSA) is 54.3 Å². The summed E-state index contributed by atoms with van der Waals surface area (Å²) in [7, 11) is 0. The van der Waals surface area contributed by atoms with Crippen LogP contribution in [-0.2, 0) is 11.2 Å². The molecule has 5 nitrogen and oxygen atoms in total. The molecule has 5 rings (SSSR count). The molecule has 3 fully saturated rings. The van der Waals surface area contributed by atoms with Gasteiger partial charge in [-0.25, -0.2) is 0 Å². The zero-order valence-corrected chi connectivity index (χ0v) is 17.0. The molecule has 1 N–H and O–H groups in total. The summed E-state index contributed by atoms with van der Waals surface area (Å²) in [4.78, 5) is 29.0. The fraction of sp³-hybridized carbons (Fsp3) is 0.500. The SMILES string of the molecule is CCNC(=O)[C@]1(Cc2ccccc2)C[C@@H]2CC[C@H]1N2C(=O)c1cccn1C1CC1. The van der Waals surface area contributed by atoms with E-state index in [0.29, 0.717) is 19.0 Å². The van der Waals surface area contributed by atoms with Gasteiger partial charge in [-0.3, -0.25) is 9.59 Å². The Morgan fingerprint density at radius 3 is 2.52 bits per heavy atom. The second kappa shape index (κ2) is 7.05. The molecule has 1 aromatic heterocycles. The van der Waals surface area contributed by atoms with E-state index in [1.807, 2.05) is 43.5 Å². The first-order valence-electron chi connectivity index (χ1n) is 11.0. The molecule has 5 heteroatoms. The van der Waals surface area contributed by atoms with E-state index in [1.54, 1.807) is 0 Å². The molecule has 2 aliphatic heterocycles. The van der Waals surface area contributed by atoms with Crippen LogP contribution in [0.4, 0.5) is 0 Å². The van der Waals surface area contributed by atoms with E-state index >= 15 is 0 Å². The summed E-state index contributed by atoms with van der Waals surface area (Å²) in [6.07, 6.45) is 7.69. The first-order chi connectivity index (χ1) is 14.1. The van der Waals surface area contributed by atoms with Gasteiger partial charge in [0.25, 0.3) is 5.91 Å². The molecule has 0 spiro atoms. The van der Waals surface area contributed by atoms with E-state index in [2.05, 4.69) is 26.9 Å². The van der Waals surface area contributed by atoms with Crippen molar-refractivity contribution in [2.45, 2.75) is 63.6 Å². The summed E-state index contributed by atoms with van der Waals surface area (Å²) in [6.45, 7) is 2.58. The monoisotopic (exact) mass is 391 g/mol. The second-order valence-electron chi connectivity index (χ2n) is 8.87. The highest BCUT2D eigenvalue weighted by Gasteiger charge is 2.61. The Bertz CT molecular complexity index is 917. The molecule has 1 saturated carbocycles. The van der Waals surface area contributed by atoms with Crippen molar-refractivity contribution in [3.63, 3.8) is 0 Å². The Labute approximate surface area is 172 Å². The standard InChI is InChI=1S/C24H29N3O2/c1-2-25-23(29)24(15-17-7-4-3-5-8-17)16-19-12-13-21(24)27(19)22(28)20-9-6-14-26(20)18-10-11-18/h3-9,14,18-19,21H,2,10-13,15-16H2,1H3,(H,25,29)/t19-,21+,24+/m0/s1. The van der Waals surface area contributed by atoms with Gasteiger partial charge in [0.05, 0.1) is 5.41 Å². The minimum atomic E-state index is -0.535. The molecule has 2 saturated heterocycles. The lowest BCUT2D eigenvalue weighted by Gasteiger charge is -2.36. The highest BCUT2D eigenvalue weighted by molar-refractivity contribution is 5.95. The van der Waals surface area contributed by atoms with Crippen LogP contribution in [0, 0.1) is 5.41 Å². The van der Waals surface area contributed by atoms with Crippen molar-refractivity contribution in [3.8, 4) is 0 Å². The van der Waals surface area contributed by atoms with Gasteiger partial charge in [0.15, 0.2) is 0 Å². The summed E-state index contributed by atoms with van der Waals surface area (Å²) in [5.41, 5.74) is 1.42. The number of nitrogens with zero attached hydrogens (tertiary/aromatic N) is 2. The van der Waals surface area contributed by atoms with Crippen LogP contribution in [0.3, 0.4) is 0 Å². The maximum Gasteiger partial charge on any atom is 0.271 e. The number of hydrogen-bond donors (Lipinski definition) is 1. The van der Waals surface area contributed by atoms with Crippen LogP contribution in [0.25, 0.3) is 0 Å². The fourth-order valence-corrected chi connectivity index (χ4v) is 5.68. The number of amides is 2. The normalized spacial score (nSPS) is 28.0. The summed E-state index contributed by atoms with van der Waals surface area (Å²) >= 11 is 0. The molecule has 2 amide bonds. The number of aromatic nitrogens is 1. The van der Waals surface area contributed by atoms with Gasteiger partial charge < -0.3 is 14.8 Å². The van der Waals surface area contributed by atoms with Crippen LogP contribution in [0.2, 0.25) is 0 Å². The Morgan fingerprint density at radius 1 is 1.03 bits per heavy atom. The van der Waals surface area contributed by atoms with Crippen LogP contribution < -0.4 is 5.32 Å². The predicted octanol–water partition coefficient (Wildman–Crippen LogP) is 3.57. The van der Waals surface area contributed by atoms with E-state index in [-0.39, 0.29) is 23.9 Å². The van der Waals surface area contributed by atoms with Gasteiger partial charge in [0.2, 0.25) is 5.91 Å². The predicted molar refractivity (Wildman–Crippen MR) is 112 cm³/mol. The average molecular weight is 392 g/mol. The zero-order valence-electron chi connectivity index (χ0n) is 17.0. The molecule has 3 atom stereocenters. The Kier molecular flexibility index (Phi) is 4.49. The van der Waals surface area contributed by atoms with Gasteiger partial charge in [0, 0.05) is 30.9 Å². The number of benzene rings is 1. The smallest absolute Gasteiger partial charge is 0.271 e. The molecule has 29 heavy (non-hydrogen) atoms. The summed E-state index contributed by atoms with van der Waals surface area (Å²) < 4.78 is 2.14. The van der Waals surface area contributed by atoms with Crippen molar-refractivity contribution in [2.24, 2.45) is 5.41 Å². The Balaban J connectivity index is 1.49. The van der Waals surface area contributed by atoms with Gasteiger partial charge >= 0.3 is 0 Å². The molecule has 3 aliphatic rings. The van der Waals surface area contributed by atoms with E-state index < -0.39 is 5.41 Å². The largest absolute Gasteiger partial charge is 0.356 e. The van der Waals surface area contributed by atoms with Gasteiger partial charge in [-0.2, -0.15) is 0 Å². The second-order valence-corrected chi connectivity index (χ2v) is 8.87. The van der Waals surface area contributed by atoms with Crippen molar-refractivity contribution in [3.05, 3.63) is 59.9 Å². The van der Waals surface area contributed by atoms with Gasteiger partial charge in [-0.15, -0.1) is 0 Å². The zero-order chi connectivity index (χ0) is 20.0. The highest BCUT2D eigenvalue weighted by atomic mass is 16.2. The van der Waals surface area contributed by atoms with Crippen LogP contribution in [0.1, 0.15) is 61.1 Å². The molecule has 2 aromatic rings. The van der Waals surface area contributed by atoms with Crippen molar-refractivity contribution in [2.75, 3.05) is 6.54 Å². The van der Waals surface area contributed by atoms with E-state index in [0.717, 1.165) is 37.8 Å². The van der Waals surface area contributed by atoms with Crippen molar-refractivity contribution >= 4 is 11.8 Å². The molecule has 1 aromatic carbocycles. The number of nitrogens with one attached hydrogen (secondary N) is 1. The van der Waals surface area contributed by atoms with Gasteiger partial charge in [-0.05, 0) is 63.1 Å². The van der Waals surface area contributed by atoms with Gasteiger partial charge in [-0.1, -0.05) is 30.3 Å². The minimum Gasteiger partial charge on any atom is -0.356 e. The first-order valence-corrected chi connectivity index (χ1v) is 11.0. The van der Waals surface area contributed by atoms with Crippen LogP contribution in [0.15, 0.2) is 48.7 Å². The Hall–Kier alpha value is -2.56. The van der Waals surface area contributed by atoms with E-state index in [1.165, 1.54) is 5.56 Å². The number of carbonyl (C=O) groups is 2. The minimum absolute atomic E-state index is 0.0330. The fourth-order valence-electron chi connectivity index (χ4n) is 5.68. The summed E-state index contributed by atoms with van der Waals surface area (Å²) in [5.74, 6) is 0.208. The lowest BCUT2D eigenvalue weighted by atomic mass is 9.69. The number of carbonyl (C=O) groups excluding carboxylic acids is 2. The van der Waals surface area contributed by atoms with Crippen LogP contribution >= 0.6 is 0 Å². The first kappa shape index (κ1) is 18.5. The summed E-state index contributed by atoms with van der Waals surface area (Å²) in [6, 6.07) is 14.8. The van der Waals surface area contributed by atoms with Crippen LogP contribution in [-0.4, -0.2) is 39.9 Å². The third-order valence-corrected chi connectivity index (χ3v) is 7.07. The molecular weight excluding hydrogens is 362 g/mol. The van der Waals surface area contributed by atoms with Crippen LogP contribution in [0.5, 0.6) is 0 Å². The lowest BCUT2D eigenvalue weighted by Crippen LogP contribution is -2.51. The number of fused-ring (bicyclic) bond motifs is 2. The van der Waals surface area contributed by atoms with Crippen molar-refractivity contribution in [1.82, 2.24) is 14.8 Å². The maximum atomic E-state index is 13.6. The summed E-state index contributed by atoms with van der Waals surface area (Å²) in [5, 5.41) is 3.09. The lowest BCUT2D eigenvalue weighted by molar-refractivity contribution is -0.132. The highest BCUT2D eigenvalue weighted by Crippen LogP contribution is 2.52. The molecule has 0 unspecified atom stereocenters. The van der Waals surface area contributed by atoms with Crippen molar-refractivity contribution < 1.29 is 9.59 Å². The molecule has 3 heterocycles.